The number of methoxy groups -OCH3 is 1. The van der Waals surface area contributed by atoms with Gasteiger partial charge in [-0.2, -0.15) is 5.10 Å². The molecule has 0 aliphatic carbocycles. The molecule has 0 spiro atoms. The Balaban J connectivity index is 2.37. The molecule has 15 heavy (non-hydrogen) atoms. The van der Waals surface area contributed by atoms with Crippen LogP contribution in [0.5, 0.6) is 5.75 Å². The van der Waals surface area contributed by atoms with Gasteiger partial charge in [0, 0.05) is 6.42 Å². The van der Waals surface area contributed by atoms with E-state index in [0.29, 0.717) is 11.9 Å². The lowest BCUT2D eigenvalue weighted by atomic mass is 10.2. The first kappa shape index (κ1) is 9.83. The number of anilines is 1. The first-order valence-electron chi connectivity index (χ1n) is 4.97. The van der Waals surface area contributed by atoms with Crippen LogP contribution >= 0.6 is 0 Å². The number of para-hydroxylation sites is 2. The lowest BCUT2D eigenvalue weighted by molar-refractivity contribution is 0.413. The van der Waals surface area contributed by atoms with E-state index in [2.05, 4.69) is 12.0 Å². The maximum absolute atomic E-state index is 5.71. The molecule has 0 saturated heterocycles. The van der Waals surface area contributed by atoms with Crippen LogP contribution in [0.3, 0.4) is 0 Å². The number of benzene rings is 1. The van der Waals surface area contributed by atoms with Gasteiger partial charge in [-0.1, -0.05) is 12.1 Å². The maximum Gasteiger partial charge on any atom is 0.144 e. The van der Waals surface area contributed by atoms with Crippen LogP contribution in [0.4, 0.5) is 5.69 Å². The largest absolute Gasteiger partial charge is 0.495 e. The number of amidine groups is 1. The second kappa shape index (κ2) is 3.81. The third-order valence-corrected chi connectivity index (χ3v) is 2.49. The zero-order chi connectivity index (χ0) is 10.8. The molecule has 2 rings (SSSR count). The average molecular weight is 205 g/mol. The number of ether oxygens (including phenoxy) is 1. The van der Waals surface area contributed by atoms with Gasteiger partial charge in [-0.05, 0) is 19.1 Å². The van der Waals surface area contributed by atoms with E-state index >= 15 is 0 Å². The molecule has 1 aromatic carbocycles. The van der Waals surface area contributed by atoms with Crippen LogP contribution in [0.15, 0.2) is 29.4 Å². The summed E-state index contributed by atoms with van der Waals surface area (Å²) in [5.41, 5.74) is 6.68. The van der Waals surface area contributed by atoms with Gasteiger partial charge < -0.3 is 10.5 Å². The van der Waals surface area contributed by atoms with E-state index in [0.717, 1.165) is 17.9 Å². The molecule has 1 aliphatic rings. The first-order chi connectivity index (χ1) is 7.22. The van der Waals surface area contributed by atoms with E-state index in [1.807, 2.05) is 29.3 Å². The van der Waals surface area contributed by atoms with Crippen LogP contribution in [0, 0.1) is 0 Å². The third-order valence-electron chi connectivity index (χ3n) is 2.49. The van der Waals surface area contributed by atoms with E-state index in [4.69, 9.17) is 10.5 Å². The minimum Gasteiger partial charge on any atom is -0.495 e. The van der Waals surface area contributed by atoms with Gasteiger partial charge in [-0.3, -0.25) is 5.01 Å². The summed E-state index contributed by atoms with van der Waals surface area (Å²) in [6.07, 6.45) is 0.804. The summed E-state index contributed by atoms with van der Waals surface area (Å²) in [5, 5.41) is 6.21. The maximum atomic E-state index is 5.71. The Kier molecular flexibility index (Phi) is 2.49. The van der Waals surface area contributed by atoms with Gasteiger partial charge in [0.25, 0.3) is 0 Å². The second-order valence-electron chi connectivity index (χ2n) is 3.66. The molecular weight excluding hydrogens is 190 g/mol. The predicted octanol–water partition coefficient (Wildman–Crippen LogP) is 1.57. The van der Waals surface area contributed by atoms with E-state index < -0.39 is 0 Å². The van der Waals surface area contributed by atoms with Gasteiger partial charge in [0.15, 0.2) is 0 Å². The number of hydrogen-bond acceptors (Lipinski definition) is 4. The summed E-state index contributed by atoms with van der Waals surface area (Å²) in [7, 11) is 1.66. The molecule has 1 heterocycles. The summed E-state index contributed by atoms with van der Waals surface area (Å²) in [4.78, 5) is 0. The van der Waals surface area contributed by atoms with Crippen molar-refractivity contribution in [3.63, 3.8) is 0 Å². The summed E-state index contributed by atoms with van der Waals surface area (Å²) in [5.74, 6) is 1.50. The van der Waals surface area contributed by atoms with Gasteiger partial charge in [0.2, 0.25) is 0 Å². The Morgan fingerprint density at radius 2 is 2.20 bits per heavy atom. The molecule has 4 heteroatoms. The summed E-state index contributed by atoms with van der Waals surface area (Å²) < 4.78 is 5.29. The average Bonchev–Trinajstić information content (AvgIpc) is 2.57. The van der Waals surface area contributed by atoms with Gasteiger partial charge >= 0.3 is 0 Å². The highest BCUT2D eigenvalue weighted by Gasteiger charge is 2.24. The molecule has 1 aliphatic heterocycles. The Labute approximate surface area is 89.3 Å². The molecule has 0 saturated carbocycles. The summed E-state index contributed by atoms with van der Waals surface area (Å²) >= 11 is 0. The predicted molar refractivity (Wildman–Crippen MR) is 61.2 cm³/mol. The van der Waals surface area contributed by atoms with Crippen molar-refractivity contribution < 1.29 is 4.74 Å². The molecule has 2 N–H and O–H groups in total. The lowest BCUT2D eigenvalue weighted by Gasteiger charge is -2.21. The summed E-state index contributed by atoms with van der Waals surface area (Å²) in [6.45, 7) is 2.09. The highest BCUT2D eigenvalue weighted by Crippen LogP contribution is 2.31. The van der Waals surface area contributed by atoms with Gasteiger partial charge in [-0.15, -0.1) is 0 Å². The lowest BCUT2D eigenvalue weighted by Crippen LogP contribution is -2.23. The van der Waals surface area contributed by atoms with Crippen LogP contribution in [0.2, 0.25) is 0 Å². The smallest absolute Gasteiger partial charge is 0.144 e. The van der Waals surface area contributed by atoms with Crippen LogP contribution in [0.25, 0.3) is 0 Å². The third kappa shape index (κ3) is 1.75. The minimum atomic E-state index is 0.293. The second-order valence-corrected chi connectivity index (χ2v) is 3.66. The SMILES string of the molecule is COc1ccccc1N1N=C(N)CC1C. The Bertz CT molecular complexity index is 389. The topological polar surface area (TPSA) is 50.8 Å². The van der Waals surface area contributed by atoms with Crippen molar-refractivity contribution >= 4 is 11.5 Å². The van der Waals surface area contributed by atoms with Crippen molar-refractivity contribution in [3.8, 4) is 5.75 Å². The molecule has 1 aromatic rings. The van der Waals surface area contributed by atoms with E-state index in [1.54, 1.807) is 7.11 Å². The Hall–Kier alpha value is -1.71. The van der Waals surface area contributed by atoms with Crippen molar-refractivity contribution in [1.82, 2.24) is 0 Å². The van der Waals surface area contributed by atoms with Crippen molar-refractivity contribution in [3.05, 3.63) is 24.3 Å². The number of rotatable bonds is 2. The molecule has 0 bridgehead atoms. The fourth-order valence-corrected chi connectivity index (χ4v) is 1.78. The zero-order valence-corrected chi connectivity index (χ0v) is 8.97. The molecular formula is C11H15N3O. The number of hydrogen-bond donors (Lipinski definition) is 1. The molecule has 4 nitrogen and oxygen atoms in total. The van der Waals surface area contributed by atoms with E-state index in [1.165, 1.54) is 0 Å². The quantitative estimate of drug-likeness (QED) is 0.797. The van der Waals surface area contributed by atoms with E-state index in [-0.39, 0.29) is 0 Å². The molecule has 0 aromatic heterocycles. The molecule has 0 fully saturated rings. The number of nitrogens with two attached hydrogens (primary N) is 1. The minimum absolute atomic E-state index is 0.293. The van der Waals surface area contributed by atoms with Crippen LogP contribution in [-0.2, 0) is 0 Å². The van der Waals surface area contributed by atoms with Gasteiger partial charge in [-0.25, -0.2) is 0 Å². The van der Waals surface area contributed by atoms with Crippen molar-refractivity contribution in [2.24, 2.45) is 10.8 Å². The fourth-order valence-electron chi connectivity index (χ4n) is 1.78. The van der Waals surface area contributed by atoms with E-state index in [9.17, 15) is 0 Å². The standard InChI is InChI=1S/C11H15N3O/c1-8-7-11(12)13-14(8)9-5-3-4-6-10(9)15-2/h3-6,8H,7H2,1-2H3,(H2,12,13). The van der Waals surface area contributed by atoms with Crippen LogP contribution < -0.4 is 15.5 Å². The Morgan fingerprint density at radius 1 is 1.47 bits per heavy atom. The van der Waals surface area contributed by atoms with Gasteiger partial charge in [0.1, 0.15) is 17.3 Å². The van der Waals surface area contributed by atoms with Crippen molar-refractivity contribution in [2.45, 2.75) is 19.4 Å². The summed E-state index contributed by atoms with van der Waals surface area (Å²) in [6, 6.07) is 8.11. The first-order valence-corrected chi connectivity index (χ1v) is 4.97. The monoisotopic (exact) mass is 205 g/mol. The molecule has 0 radical (unpaired) electrons. The molecule has 80 valence electrons. The van der Waals surface area contributed by atoms with Crippen LogP contribution in [-0.4, -0.2) is 19.0 Å². The molecule has 1 unspecified atom stereocenters. The normalized spacial score (nSPS) is 20.3. The highest BCUT2D eigenvalue weighted by molar-refractivity contribution is 5.85. The Morgan fingerprint density at radius 3 is 2.80 bits per heavy atom. The van der Waals surface area contributed by atoms with Crippen LogP contribution in [0.1, 0.15) is 13.3 Å². The molecule has 0 amide bonds. The number of hydrazone groups is 1. The number of nitrogens with zero attached hydrogens (tertiary/aromatic N) is 2. The molecule has 1 atom stereocenters. The van der Waals surface area contributed by atoms with Crippen molar-refractivity contribution in [1.29, 1.82) is 0 Å². The highest BCUT2D eigenvalue weighted by atomic mass is 16.5. The van der Waals surface area contributed by atoms with Gasteiger partial charge in [0.05, 0.1) is 13.2 Å². The fraction of sp³-hybridized carbons (Fsp3) is 0.364. The zero-order valence-electron chi connectivity index (χ0n) is 8.97. The van der Waals surface area contributed by atoms with Crippen molar-refractivity contribution in [2.75, 3.05) is 12.1 Å².